The van der Waals surface area contributed by atoms with Gasteiger partial charge in [0.1, 0.15) is 17.5 Å². The lowest BCUT2D eigenvalue weighted by Gasteiger charge is -2.24. The van der Waals surface area contributed by atoms with Crippen LogP contribution in [-0.2, 0) is 0 Å². The van der Waals surface area contributed by atoms with Crippen LogP contribution in [0.4, 0.5) is 11.6 Å². The van der Waals surface area contributed by atoms with Crippen molar-refractivity contribution < 1.29 is 0 Å². The Hall–Kier alpha value is -1.32. The van der Waals surface area contributed by atoms with E-state index in [2.05, 4.69) is 41.0 Å². The highest BCUT2D eigenvalue weighted by molar-refractivity contribution is 5.58. The van der Waals surface area contributed by atoms with Gasteiger partial charge in [0.15, 0.2) is 0 Å². The normalized spacial score (nSPS) is 10.3. The van der Waals surface area contributed by atoms with Crippen LogP contribution in [0.1, 0.15) is 31.7 Å². The van der Waals surface area contributed by atoms with E-state index in [0.717, 1.165) is 42.5 Å². The Balaban J connectivity index is 3.14. The maximum Gasteiger partial charge on any atom is 0.137 e. The van der Waals surface area contributed by atoms with Crippen LogP contribution >= 0.6 is 0 Å². The van der Waals surface area contributed by atoms with E-state index < -0.39 is 0 Å². The van der Waals surface area contributed by atoms with Crippen molar-refractivity contribution in [2.24, 2.45) is 0 Å². The topological polar surface area (TPSA) is 41.1 Å². The first-order valence-corrected chi connectivity index (χ1v) is 5.91. The zero-order chi connectivity index (χ0) is 12.1. The largest absolute Gasteiger partial charge is 0.373 e. The minimum atomic E-state index is 0.819. The molecule has 4 nitrogen and oxygen atoms in total. The zero-order valence-corrected chi connectivity index (χ0v) is 11.0. The van der Waals surface area contributed by atoms with Crippen LogP contribution in [0.15, 0.2) is 0 Å². The van der Waals surface area contributed by atoms with E-state index in [1.165, 1.54) is 0 Å². The molecular formula is C12H22N4. The predicted molar refractivity (Wildman–Crippen MR) is 69.2 cm³/mol. The van der Waals surface area contributed by atoms with Crippen molar-refractivity contribution in [3.63, 3.8) is 0 Å². The molecule has 0 radical (unpaired) electrons. The van der Waals surface area contributed by atoms with Crippen molar-refractivity contribution in [3.8, 4) is 0 Å². The predicted octanol–water partition coefficient (Wildman–Crippen LogP) is 2.37. The third-order valence-electron chi connectivity index (χ3n) is 2.64. The molecule has 0 aliphatic rings. The van der Waals surface area contributed by atoms with Crippen molar-refractivity contribution >= 4 is 11.6 Å². The summed E-state index contributed by atoms with van der Waals surface area (Å²) in [4.78, 5) is 11.2. The molecule has 0 atom stereocenters. The average molecular weight is 222 g/mol. The Kier molecular flexibility index (Phi) is 4.52. The maximum absolute atomic E-state index is 4.55. The maximum atomic E-state index is 4.55. The molecule has 0 aromatic carbocycles. The Morgan fingerprint density at radius 1 is 1.19 bits per heavy atom. The first kappa shape index (κ1) is 12.7. The summed E-state index contributed by atoms with van der Waals surface area (Å²) < 4.78 is 0. The first-order chi connectivity index (χ1) is 7.63. The summed E-state index contributed by atoms with van der Waals surface area (Å²) >= 11 is 0. The van der Waals surface area contributed by atoms with E-state index in [1.54, 1.807) is 0 Å². The van der Waals surface area contributed by atoms with Crippen molar-refractivity contribution in [1.29, 1.82) is 0 Å². The number of hydrogen-bond acceptors (Lipinski definition) is 4. The summed E-state index contributed by atoms with van der Waals surface area (Å²) in [6.45, 7) is 10.4. The fourth-order valence-corrected chi connectivity index (χ4v) is 1.85. The minimum Gasteiger partial charge on any atom is -0.373 e. The van der Waals surface area contributed by atoms with Crippen LogP contribution in [0.5, 0.6) is 0 Å². The van der Waals surface area contributed by atoms with Crippen LogP contribution < -0.4 is 10.2 Å². The van der Waals surface area contributed by atoms with Crippen LogP contribution in [0.25, 0.3) is 0 Å². The van der Waals surface area contributed by atoms with Gasteiger partial charge < -0.3 is 10.2 Å². The van der Waals surface area contributed by atoms with Crippen LogP contribution in [-0.4, -0.2) is 30.1 Å². The molecule has 16 heavy (non-hydrogen) atoms. The van der Waals surface area contributed by atoms with Gasteiger partial charge in [0, 0.05) is 25.7 Å². The summed E-state index contributed by atoms with van der Waals surface area (Å²) in [5, 5.41) is 3.12. The second-order valence-corrected chi connectivity index (χ2v) is 3.90. The van der Waals surface area contributed by atoms with Gasteiger partial charge in [-0.15, -0.1) is 0 Å². The van der Waals surface area contributed by atoms with Crippen molar-refractivity contribution in [2.75, 3.05) is 30.4 Å². The van der Waals surface area contributed by atoms with Gasteiger partial charge in [-0.3, -0.25) is 0 Å². The standard InChI is InChI=1S/C12H22N4/c1-6-8-16(7-2)12-9(3)11(13-5)14-10(4)15-12/h6-8H2,1-5H3,(H,13,14,15). The number of rotatable bonds is 5. The van der Waals surface area contributed by atoms with Gasteiger partial charge in [-0.1, -0.05) is 6.92 Å². The number of anilines is 2. The first-order valence-electron chi connectivity index (χ1n) is 5.91. The molecule has 1 N–H and O–H groups in total. The molecule has 1 heterocycles. The monoisotopic (exact) mass is 222 g/mol. The summed E-state index contributed by atoms with van der Waals surface area (Å²) in [5.74, 6) is 2.80. The second-order valence-electron chi connectivity index (χ2n) is 3.90. The SMILES string of the molecule is CCCN(CC)c1nc(C)nc(NC)c1C. The third-order valence-corrected chi connectivity index (χ3v) is 2.64. The van der Waals surface area contributed by atoms with Crippen LogP contribution in [0.2, 0.25) is 0 Å². The molecule has 1 aromatic rings. The highest BCUT2D eigenvalue weighted by Crippen LogP contribution is 2.23. The van der Waals surface area contributed by atoms with Crippen LogP contribution in [0.3, 0.4) is 0 Å². The Morgan fingerprint density at radius 2 is 1.88 bits per heavy atom. The summed E-state index contributed by atoms with van der Waals surface area (Å²) in [5.41, 5.74) is 1.13. The lowest BCUT2D eigenvalue weighted by molar-refractivity contribution is 0.769. The molecule has 0 unspecified atom stereocenters. The van der Waals surface area contributed by atoms with Gasteiger partial charge in [-0.2, -0.15) is 0 Å². The number of aromatic nitrogens is 2. The van der Waals surface area contributed by atoms with Gasteiger partial charge in [-0.05, 0) is 27.2 Å². The molecule has 4 heteroatoms. The Bertz CT molecular complexity index is 349. The molecular weight excluding hydrogens is 200 g/mol. The third kappa shape index (κ3) is 2.62. The molecule has 0 aliphatic carbocycles. The minimum absolute atomic E-state index is 0.819. The number of nitrogens with zero attached hydrogens (tertiary/aromatic N) is 3. The van der Waals surface area contributed by atoms with Gasteiger partial charge in [0.25, 0.3) is 0 Å². The van der Waals surface area contributed by atoms with E-state index in [9.17, 15) is 0 Å². The van der Waals surface area contributed by atoms with Crippen LogP contribution in [0, 0.1) is 13.8 Å². The molecule has 0 saturated heterocycles. The van der Waals surface area contributed by atoms with E-state index in [0.29, 0.717) is 0 Å². The lowest BCUT2D eigenvalue weighted by Crippen LogP contribution is -2.26. The average Bonchev–Trinajstić information content (AvgIpc) is 2.28. The second kappa shape index (κ2) is 5.68. The number of hydrogen-bond donors (Lipinski definition) is 1. The molecule has 0 saturated carbocycles. The van der Waals surface area contributed by atoms with Crippen molar-refractivity contribution in [1.82, 2.24) is 9.97 Å². The molecule has 0 aliphatic heterocycles. The molecule has 90 valence electrons. The fourth-order valence-electron chi connectivity index (χ4n) is 1.85. The van der Waals surface area contributed by atoms with E-state index in [-0.39, 0.29) is 0 Å². The van der Waals surface area contributed by atoms with E-state index in [4.69, 9.17) is 0 Å². The van der Waals surface area contributed by atoms with Gasteiger partial charge in [-0.25, -0.2) is 9.97 Å². The van der Waals surface area contributed by atoms with E-state index in [1.807, 2.05) is 14.0 Å². The quantitative estimate of drug-likeness (QED) is 0.830. The summed E-state index contributed by atoms with van der Waals surface area (Å²) in [6, 6.07) is 0. The van der Waals surface area contributed by atoms with Gasteiger partial charge in [0.05, 0.1) is 0 Å². The molecule has 0 bridgehead atoms. The highest BCUT2D eigenvalue weighted by Gasteiger charge is 2.12. The smallest absolute Gasteiger partial charge is 0.137 e. The highest BCUT2D eigenvalue weighted by atomic mass is 15.2. The van der Waals surface area contributed by atoms with Crippen molar-refractivity contribution in [3.05, 3.63) is 11.4 Å². The van der Waals surface area contributed by atoms with Gasteiger partial charge >= 0.3 is 0 Å². The molecule has 0 spiro atoms. The van der Waals surface area contributed by atoms with E-state index >= 15 is 0 Å². The Labute approximate surface area is 98.1 Å². The lowest BCUT2D eigenvalue weighted by atomic mass is 10.2. The molecule has 0 amide bonds. The number of aryl methyl sites for hydroxylation is 1. The Morgan fingerprint density at radius 3 is 2.38 bits per heavy atom. The molecule has 1 rings (SSSR count). The summed E-state index contributed by atoms with van der Waals surface area (Å²) in [6.07, 6.45) is 1.13. The summed E-state index contributed by atoms with van der Waals surface area (Å²) in [7, 11) is 1.90. The number of nitrogens with one attached hydrogen (secondary N) is 1. The molecule has 1 aromatic heterocycles. The molecule has 0 fully saturated rings. The zero-order valence-electron chi connectivity index (χ0n) is 11.0. The van der Waals surface area contributed by atoms with Crippen molar-refractivity contribution in [2.45, 2.75) is 34.1 Å². The fraction of sp³-hybridized carbons (Fsp3) is 0.667. The van der Waals surface area contributed by atoms with Gasteiger partial charge in [0.2, 0.25) is 0 Å².